The van der Waals surface area contributed by atoms with Gasteiger partial charge in [-0.05, 0) is 30.0 Å². The molecular formula is C14H19NO4S2. The van der Waals surface area contributed by atoms with Crippen LogP contribution in [0.15, 0.2) is 40.3 Å². The minimum atomic E-state index is -3.41. The Bertz CT molecular complexity index is 598. The molecule has 2 aromatic rings. The maximum atomic E-state index is 11.9. The van der Waals surface area contributed by atoms with Crippen molar-refractivity contribution in [3.05, 3.63) is 46.5 Å². The highest BCUT2D eigenvalue weighted by atomic mass is 32.2. The minimum Gasteiger partial charge on any atom is -0.466 e. The van der Waals surface area contributed by atoms with Crippen LogP contribution >= 0.6 is 11.3 Å². The van der Waals surface area contributed by atoms with Crippen molar-refractivity contribution in [2.75, 3.05) is 12.3 Å². The number of furan rings is 1. The number of unbranched alkanes of at least 4 members (excludes halogenated alkanes) is 1. The van der Waals surface area contributed by atoms with E-state index < -0.39 is 15.6 Å². The smallest absolute Gasteiger partial charge is 0.211 e. The van der Waals surface area contributed by atoms with E-state index in [0.717, 1.165) is 6.42 Å². The van der Waals surface area contributed by atoms with Gasteiger partial charge in [-0.2, -0.15) is 0 Å². The van der Waals surface area contributed by atoms with Gasteiger partial charge in [0, 0.05) is 4.88 Å². The lowest BCUT2D eigenvalue weighted by atomic mass is 9.99. The zero-order chi connectivity index (χ0) is 15.3. The van der Waals surface area contributed by atoms with E-state index in [0.29, 0.717) is 17.1 Å². The summed E-state index contributed by atoms with van der Waals surface area (Å²) in [6.07, 6.45) is 2.85. The lowest BCUT2D eigenvalue weighted by Gasteiger charge is -2.25. The molecule has 0 bridgehead atoms. The maximum Gasteiger partial charge on any atom is 0.211 e. The number of nitrogens with one attached hydrogen (secondary N) is 1. The number of thiophene rings is 1. The van der Waals surface area contributed by atoms with Gasteiger partial charge in [0.2, 0.25) is 10.0 Å². The second-order valence-corrected chi connectivity index (χ2v) is 7.68. The third-order valence-electron chi connectivity index (χ3n) is 3.17. The molecule has 0 saturated carbocycles. The first-order chi connectivity index (χ1) is 9.98. The van der Waals surface area contributed by atoms with Gasteiger partial charge < -0.3 is 9.52 Å². The fraction of sp³-hybridized carbons (Fsp3) is 0.429. The van der Waals surface area contributed by atoms with Gasteiger partial charge in [0.15, 0.2) is 5.60 Å². The molecule has 0 spiro atoms. The molecule has 0 fully saturated rings. The monoisotopic (exact) mass is 329 g/mol. The molecule has 0 aliphatic heterocycles. The Morgan fingerprint density at radius 1 is 1.38 bits per heavy atom. The summed E-state index contributed by atoms with van der Waals surface area (Å²) in [7, 11) is -3.41. The van der Waals surface area contributed by atoms with Crippen LogP contribution in [0.25, 0.3) is 0 Å². The van der Waals surface area contributed by atoms with Crippen molar-refractivity contribution in [2.24, 2.45) is 0 Å². The van der Waals surface area contributed by atoms with Crippen molar-refractivity contribution < 1.29 is 17.9 Å². The molecule has 0 saturated heterocycles. The highest BCUT2D eigenvalue weighted by Gasteiger charge is 2.36. The van der Waals surface area contributed by atoms with Crippen LogP contribution in [-0.2, 0) is 15.6 Å². The van der Waals surface area contributed by atoms with Crippen LogP contribution < -0.4 is 4.72 Å². The standard InChI is InChI=1S/C14H19NO4S2/c1-2-3-10-21(17,18)15-11-14(16,12-6-4-8-19-12)13-7-5-9-20-13/h4-9,15-16H,2-3,10-11H2,1H3. The summed E-state index contributed by atoms with van der Waals surface area (Å²) in [6.45, 7) is 1.79. The summed E-state index contributed by atoms with van der Waals surface area (Å²) in [4.78, 5) is 0.635. The van der Waals surface area contributed by atoms with Gasteiger partial charge in [-0.3, -0.25) is 0 Å². The molecule has 21 heavy (non-hydrogen) atoms. The van der Waals surface area contributed by atoms with E-state index in [9.17, 15) is 13.5 Å². The van der Waals surface area contributed by atoms with Gasteiger partial charge in [-0.25, -0.2) is 13.1 Å². The molecule has 5 nitrogen and oxygen atoms in total. The van der Waals surface area contributed by atoms with Gasteiger partial charge in [0.25, 0.3) is 0 Å². The van der Waals surface area contributed by atoms with Crippen molar-refractivity contribution in [2.45, 2.75) is 25.4 Å². The fourth-order valence-electron chi connectivity index (χ4n) is 1.94. The summed E-state index contributed by atoms with van der Waals surface area (Å²) in [5.41, 5.74) is -1.49. The van der Waals surface area contributed by atoms with Crippen LogP contribution in [0.4, 0.5) is 0 Å². The summed E-state index contributed by atoms with van der Waals surface area (Å²) in [6, 6.07) is 6.87. The molecule has 1 atom stereocenters. The Hall–Kier alpha value is -1.15. The van der Waals surface area contributed by atoms with Gasteiger partial charge in [0.1, 0.15) is 5.76 Å². The second kappa shape index (κ2) is 6.74. The maximum absolute atomic E-state index is 11.9. The molecule has 2 N–H and O–H groups in total. The summed E-state index contributed by atoms with van der Waals surface area (Å²) in [5, 5.41) is 12.7. The minimum absolute atomic E-state index is 0.0577. The molecule has 1 unspecified atom stereocenters. The molecule has 0 aliphatic carbocycles. The Kier molecular flexibility index (Phi) is 5.21. The number of hydrogen-bond donors (Lipinski definition) is 2. The topological polar surface area (TPSA) is 79.5 Å². The van der Waals surface area contributed by atoms with Crippen LogP contribution in [-0.4, -0.2) is 25.8 Å². The largest absolute Gasteiger partial charge is 0.466 e. The third kappa shape index (κ3) is 3.94. The first kappa shape index (κ1) is 16.2. The highest BCUT2D eigenvalue weighted by Crippen LogP contribution is 2.32. The predicted molar refractivity (Wildman–Crippen MR) is 82.7 cm³/mol. The molecule has 0 amide bonds. The second-order valence-electron chi connectivity index (χ2n) is 4.81. The number of hydrogen-bond acceptors (Lipinski definition) is 5. The molecule has 2 heterocycles. The first-order valence-electron chi connectivity index (χ1n) is 6.75. The van der Waals surface area contributed by atoms with Crippen LogP contribution in [0, 0.1) is 0 Å². The van der Waals surface area contributed by atoms with Crippen LogP contribution in [0.2, 0.25) is 0 Å². The zero-order valence-corrected chi connectivity index (χ0v) is 13.4. The van der Waals surface area contributed by atoms with Gasteiger partial charge in [-0.1, -0.05) is 19.4 Å². The van der Waals surface area contributed by atoms with E-state index in [-0.39, 0.29) is 12.3 Å². The van der Waals surface area contributed by atoms with Crippen LogP contribution in [0.5, 0.6) is 0 Å². The summed E-state index contributed by atoms with van der Waals surface area (Å²) in [5.74, 6) is 0.380. The summed E-state index contributed by atoms with van der Waals surface area (Å²) < 4.78 is 31.6. The van der Waals surface area contributed by atoms with E-state index >= 15 is 0 Å². The molecule has 0 aliphatic rings. The quantitative estimate of drug-likeness (QED) is 0.779. The van der Waals surface area contributed by atoms with Gasteiger partial charge >= 0.3 is 0 Å². The molecule has 7 heteroatoms. The molecule has 0 radical (unpaired) electrons. The van der Waals surface area contributed by atoms with Crippen LogP contribution in [0.1, 0.15) is 30.4 Å². The van der Waals surface area contributed by atoms with E-state index in [1.807, 2.05) is 12.3 Å². The Labute approximate surface area is 128 Å². The van der Waals surface area contributed by atoms with Crippen molar-refractivity contribution >= 4 is 21.4 Å². The number of rotatable bonds is 8. The highest BCUT2D eigenvalue weighted by molar-refractivity contribution is 7.89. The average molecular weight is 329 g/mol. The first-order valence-corrected chi connectivity index (χ1v) is 9.29. The van der Waals surface area contributed by atoms with Gasteiger partial charge in [0.05, 0.1) is 18.6 Å². The Morgan fingerprint density at radius 2 is 2.19 bits per heavy atom. The van der Waals surface area contributed by atoms with Crippen molar-refractivity contribution in [3.8, 4) is 0 Å². The lowest BCUT2D eigenvalue weighted by Crippen LogP contribution is -2.41. The summed E-state index contributed by atoms with van der Waals surface area (Å²) >= 11 is 1.35. The van der Waals surface area contributed by atoms with E-state index in [1.54, 1.807) is 24.3 Å². The normalized spacial score (nSPS) is 15.0. The number of sulfonamides is 1. The lowest BCUT2D eigenvalue weighted by molar-refractivity contribution is 0.0655. The Morgan fingerprint density at radius 3 is 2.76 bits per heavy atom. The third-order valence-corrected chi connectivity index (χ3v) is 5.60. The zero-order valence-electron chi connectivity index (χ0n) is 11.8. The predicted octanol–water partition coefficient (Wildman–Crippen LogP) is 2.30. The molecule has 2 rings (SSSR count). The van der Waals surface area contributed by atoms with E-state index in [4.69, 9.17) is 4.42 Å². The fourth-order valence-corrected chi connectivity index (χ4v) is 4.01. The SMILES string of the molecule is CCCCS(=O)(=O)NCC(O)(c1ccco1)c1cccs1. The van der Waals surface area contributed by atoms with E-state index in [2.05, 4.69) is 4.72 Å². The average Bonchev–Trinajstić information content (AvgIpc) is 3.14. The molecule has 0 aromatic carbocycles. The molecular weight excluding hydrogens is 310 g/mol. The van der Waals surface area contributed by atoms with Crippen molar-refractivity contribution in [1.29, 1.82) is 0 Å². The van der Waals surface area contributed by atoms with Crippen molar-refractivity contribution in [1.82, 2.24) is 4.72 Å². The van der Waals surface area contributed by atoms with Gasteiger partial charge in [-0.15, -0.1) is 11.3 Å². The Balaban J connectivity index is 2.19. The molecule has 2 aromatic heterocycles. The van der Waals surface area contributed by atoms with Crippen molar-refractivity contribution in [3.63, 3.8) is 0 Å². The van der Waals surface area contributed by atoms with E-state index in [1.165, 1.54) is 17.6 Å². The molecule has 116 valence electrons. The van der Waals surface area contributed by atoms with Crippen LogP contribution in [0.3, 0.4) is 0 Å². The number of aliphatic hydroxyl groups is 1.